The largest absolute Gasteiger partial charge is 0.497 e. The highest BCUT2D eigenvalue weighted by Crippen LogP contribution is 2.25. The van der Waals surface area contributed by atoms with Crippen LogP contribution in [0, 0.1) is 0 Å². The van der Waals surface area contributed by atoms with Crippen molar-refractivity contribution < 1.29 is 28.3 Å². The summed E-state index contributed by atoms with van der Waals surface area (Å²) in [5, 5.41) is 5.21. The minimum Gasteiger partial charge on any atom is -0.497 e. The molecule has 0 bridgehead atoms. The number of hydrogen-bond acceptors (Lipinski definition) is 6. The number of methoxy groups -OCH3 is 2. The highest BCUT2D eigenvalue weighted by atomic mass is 16.5. The highest BCUT2D eigenvalue weighted by Gasteiger charge is 2.29. The summed E-state index contributed by atoms with van der Waals surface area (Å²) in [5.41, 5.74) is 0.674. The number of carbonyl (C=O) groups is 3. The van der Waals surface area contributed by atoms with Crippen molar-refractivity contribution >= 4 is 23.8 Å². The second-order valence-electron chi connectivity index (χ2n) is 6.43. The molecule has 1 aliphatic heterocycles. The molecule has 1 aromatic carbocycles. The van der Waals surface area contributed by atoms with Crippen LogP contribution in [0.3, 0.4) is 0 Å². The quantitative estimate of drug-likeness (QED) is 0.694. The van der Waals surface area contributed by atoms with Gasteiger partial charge in [-0.15, -0.1) is 0 Å². The molecule has 30 heavy (non-hydrogen) atoms. The zero-order chi connectivity index (χ0) is 21.5. The fourth-order valence-electron chi connectivity index (χ4n) is 3.06. The molecule has 1 N–H and O–H groups in total. The van der Waals surface area contributed by atoms with Crippen molar-refractivity contribution in [3.8, 4) is 11.5 Å². The first kappa shape index (κ1) is 21.0. The number of ether oxygens (including phenoxy) is 2. The van der Waals surface area contributed by atoms with Gasteiger partial charge in [0.15, 0.2) is 5.76 Å². The molecule has 1 saturated heterocycles. The molecular formula is C21H23N3O6. The van der Waals surface area contributed by atoms with Crippen LogP contribution in [0.4, 0.5) is 0 Å². The molecule has 0 saturated carbocycles. The molecule has 1 aromatic heterocycles. The van der Waals surface area contributed by atoms with E-state index in [-0.39, 0.29) is 24.1 Å². The van der Waals surface area contributed by atoms with E-state index in [1.807, 2.05) is 0 Å². The molecule has 2 heterocycles. The Morgan fingerprint density at radius 1 is 1.13 bits per heavy atom. The number of amides is 3. The van der Waals surface area contributed by atoms with E-state index in [1.165, 1.54) is 28.4 Å². The summed E-state index contributed by atoms with van der Waals surface area (Å²) in [6.07, 6.45) is 5.02. The van der Waals surface area contributed by atoms with Gasteiger partial charge < -0.3 is 19.2 Å². The smallest absolute Gasteiger partial charge is 0.287 e. The molecule has 1 aliphatic rings. The van der Waals surface area contributed by atoms with Gasteiger partial charge in [0.2, 0.25) is 0 Å². The van der Waals surface area contributed by atoms with Crippen LogP contribution < -0.4 is 14.8 Å². The van der Waals surface area contributed by atoms with Crippen LogP contribution in [0.1, 0.15) is 22.5 Å². The Morgan fingerprint density at radius 2 is 1.93 bits per heavy atom. The summed E-state index contributed by atoms with van der Waals surface area (Å²) >= 11 is 0. The van der Waals surface area contributed by atoms with E-state index in [0.29, 0.717) is 36.6 Å². The molecule has 9 heteroatoms. The zero-order valence-corrected chi connectivity index (χ0v) is 16.8. The third-order valence-electron chi connectivity index (χ3n) is 4.56. The van der Waals surface area contributed by atoms with Gasteiger partial charge in [0.05, 0.1) is 27.0 Å². The Balaban J connectivity index is 1.63. The summed E-state index contributed by atoms with van der Waals surface area (Å²) in [6.45, 7) is 0.574. The van der Waals surface area contributed by atoms with Gasteiger partial charge in [-0.05, 0) is 42.8 Å². The van der Waals surface area contributed by atoms with Crippen LogP contribution >= 0.6 is 0 Å². The standard InChI is InChI=1S/C21H23N3O6/c1-28-16-7-8-17(29-2)15(13-16)6-9-19(25)23-10-4-11-24(23)20(26)14-22-21(27)18-5-3-12-30-18/h3,5-9,12-13H,4,10-11,14H2,1-2H3,(H,22,27). The van der Waals surface area contributed by atoms with Crippen molar-refractivity contribution in [2.24, 2.45) is 0 Å². The van der Waals surface area contributed by atoms with E-state index >= 15 is 0 Å². The maximum atomic E-state index is 12.7. The van der Waals surface area contributed by atoms with Gasteiger partial charge in [0.1, 0.15) is 11.5 Å². The molecule has 0 unspecified atom stereocenters. The average Bonchev–Trinajstić information content (AvgIpc) is 3.47. The molecule has 2 aromatic rings. The minimum atomic E-state index is -0.490. The fourth-order valence-corrected chi connectivity index (χ4v) is 3.06. The van der Waals surface area contributed by atoms with Gasteiger partial charge in [-0.1, -0.05) is 0 Å². The van der Waals surface area contributed by atoms with Gasteiger partial charge in [0, 0.05) is 24.7 Å². The Hall–Kier alpha value is -3.75. The normalized spacial score (nSPS) is 13.5. The molecule has 158 valence electrons. The first-order valence-corrected chi connectivity index (χ1v) is 9.37. The zero-order valence-electron chi connectivity index (χ0n) is 16.8. The predicted molar refractivity (Wildman–Crippen MR) is 108 cm³/mol. The van der Waals surface area contributed by atoms with Crippen LogP contribution in [0.2, 0.25) is 0 Å². The number of hydrazine groups is 1. The lowest BCUT2D eigenvalue weighted by atomic mass is 10.1. The third-order valence-corrected chi connectivity index (χ3v) is 4.56. The second kappa shape index (κ2) is 9.64. The summed E-state index contributed by atoms with van der Waals surface area (Å²) in [4.78, 5) is 37.1. The maximum absolute atomic E-state index is 12.7. The predicted octanol–water partition coefficient (Wildman–Crippen LogP) is 1.72. The highest BCUT2D eigenvalue weighted by molar-refractivity contribution is 5.96. The van der Waals surface area contributed by atoms with Crippen molar-refractivity contribution in [2.45, 2.75) is 6.42 Å². The average molecular weight is 413 g/mol. The van der Waals surface area contributed by atoms with Gasteiger partial charge in [-0.2, -0.15) is 0 Å². The Bertz CT molecular complexity index is 938. The molecule has 1 fully saturated rings. The van der Waals surface area contributed by atoms with Crippen LogP contribution in [0.15, 0.2) is 47.1 Å². The molecule has 9 nitrogen and oxygen atoms in total. The van der Waals surface area contributed by atoms with Crippen LogP contribution in [-0.2, 0) is 9.59 Å². The third kappa shape index (κ3) is 4.80. The van der Waals surface area contributed by atoms with Gasteiger partial charge in [-0.3, -0.25) is 14.4 Å². The SMILES string of the molecule is COc1ccc(OC)c(C=CC(=O)N2CCCN2C(=O)CNC(=O)c2ccco2)c1. The molecule has 0 radical (unpaired) electrons. The lowest BCUT2D eigenvalue weighted by Gasteiger charge is -2.27. The molecular weight excluding hydrogens is 390 g/mol. The van der Waals surface area contributed by atoms with Crippen molar-refractivity contribution in [2.75, 3.05) is 33.9 Å². The molecule has 0 spiro atoms. The number of furan rings is 1. The molecule has 3 amide bonds. The monoisotopic (exact) mass is 413 g/mol. The van der Waals surface area contributed by atoms with E-state index in [2.05, 4.69) is 5.32 Å². The van der Waals surface area contributed by atoms with Crippen LogP contribution in [0.5, 0.6) is 11.5 Å². The minimum absolute atomic E-state index is 0.118. The Labute approximate surface area is 173 Å². The van der Waals surface area contributed by atoms with Crippen molar-refractivity contribution in [3.63, 3.8) is 0 Å². The number of rotatable bonds is 7. The van der Waals surface area contributed by atoms with Gasteiger partial charge >= 0.3 is 0 Å². The number of benzene rings is 1. The van der Waals surface area contributed by atoms with Crippen molar-refractivity contribution in [1.82, 2.24) is 15.3 Å². The van der Waals surface area contributed by atoms with Gasteiger partial charge in [0.25, 0.3) is 17.7 Å². The first-order chi connectivity index (χ1) is 14.5. The van der Waals surface area contributed by atoms with Crippen molar-refractivity contribution in [1.29, 1.82) is 0 Å². The molecule has 0 aliphatic carbocycles. The second-order valence-corrected chi connectivity index (χ2v) is 6.43. The summed E-state index contributed by atoms with van der Waals surface area (Å²) in [5.74, 6) is 0.127. The Kier molecular flexibility index (Phi) is 6.74. The summed E-state index contributed by atoms with van der Waals surface area (Å²) in [6, 6.07) is 8.34. The Morgan fingerprint density at radius 3 is 2.63 bits per heavy atom. The number of nitrogens with zero attached hydrogens (tertiary/aromatic N) is 2. The summed E-state index contributed by atoms with van der Waals surface area (Å²) in [7, 11) is 3.09. The maximum Gasteiger partial charge on any atom is 0.287 e. The van der Waals surface area contributed by atoms with Crippen LogP contribution in [-0.4, -0.2) is 61.6 Å². The van der Waals surface area contributed by atoms with Crippen molar-refractivity contribution in [3.05, 3.63) is 54.0 Å². The number of carbonyl (C=O) groups excluding carboxylic acids is 3. The van der Waals surface area contributed by atoms with E-state index in [9.17, 15) is 14.4 Å². The van der Waals surface area contributed by atoms with E-state index < -0.39 is 5.91 Å². The molecule has 0 atom stereocenters. The fraction of sp³-hybridized carbons (Fsp3) is 0.286. The van der Waals surface area contributed by atoms with Crippen LogP contribution in [0.25, 0.3) is 6.08 Å². The van der Waals surface area contributed by atoms with E-state index in [1.54, 1.807) is 44.6 Å². The van der Waals surface area contributed by atoms with Gasteiger partial charge in [-0.25, -0.2) is 10.0 Å². The van der Waals surface area contributed by atoms with E-state index in [4.69, 9.17) is 13.9 Å². The molecule has 3 rings (SSSR count). The summed E-state index contributed by atoms with van der Waals surface area (Å²) < 4.78 is 15.5. The number of hydrogen-bond donors (Lipinski definition) is 1. The topological polar surface area (TPSA) is 101 Å². The van der Waals surface area contributed by atoms with E-state index in [0.717, 1.165) is 0 Å². The number of nitrogens with one attached hydrogen (secondary N) is 1. The lowest BCUT2D eigenvalue weighted by molar-refractivity contribution is -0.153. The first-order valence-electron chi connectivity index (χ1n) is 9.37. The lowest BCUT2D eigenvalue weighted by Crippen LogP contribution is -2.48.